The number of nitrogens with zero attached hydrogens (tertiary/aromatic N) is 1. The van der Waals surface area contributed by atoms with Crippen LogP contribution >= 0.6 is 0 Å². The van der Waals surface area contributed by atoms with Crippen molar-refractivity contribution in [3.05, 3.63) is 77.9 Å². The average Bonchev–Trinajstić information content (AvgIpc) is 3.27. The predicted octanol–water partition coefficient (Wildman–Crippen LogP) is 3.38. The maximum absolute atomic E-state index is 10.9. The third-order valence-corrected chi connectivity index (χ3v) is 4.57. The van der Waals surface area contributed by atoms with Crippen LogP contribution in [0.1, 0.15) is 20.7 Å². The highest BCUT2D eigenvalue weighted by Crippen LogP contribution is 2.24. The van der Waals surface area contributed by atoms with Gasteiger partial charge in [-0.3, -0.25) is 15.0 Å². The van der Waals surface area contributed by atoms with E-state index in [2.05, 4.69) is 21.4 Å². The number of aromatic nitrogens is 2. The van der Waals surface area contributed by atoms with E-state index in [0.29, 0.717) is 17.4 Å². The van der Waals surface area contributed by atoms with Crippen molar-refractivity contribution in [1.82, 2.24) is 15.4 Å². The first kappa shape index (κ1) is 21.5. The van der Waals surface area contributed by atoms with Gasteiger partial charge in [0.05, 0.1) is 18.1 Å². The Kier molecular flexibility index (Phi) is 6.97. The van der Waals surface area contributed by atoms with Crippen molar-refractivity contribution in [2.75, 3.05) is 19.5 Å². The van der Waals surface area contributed by atoms with E-state index < -0.39 is 0 Å². The van der Waals surface area contributed by atoms with Gasteiger partial charge in [0, 0.05) is 29.4 Å². The van der Waals surface area contributed by atoms with Crippen molar-refractivity contribution in [3.63, 3.8) is 0 Å². The van der Waals surface area contributed by atoms with Crippen molar-refractivity contribution in [2.45, 2.75) is 0 Å². The topological polar surface area (TPSA) is 122 Å². The first-order valence-corrected chi connectivity index (χ1v) is 9.46. The van der Waals surface area contributed by atoms with Gasteiger partial charge in [-0.15, -0.1) is 0 Å². The average molecular weight is 417 g/mol. The number of rotatable bonds is 5. The number of amides is 1. The van der Waals surface area contributed by atoms with Crippen molar-refractivity contribution >= 4 is 28.9 Å². The molecule has 0 spiro atoms. The SMILES string of the molecule is CNc1ccc2nc(-c3ccc(OC)cc3)[nH]c2c1.NNC(=O)c1ccc(C=O)cc1. The Bertz CT molecular complexity index is 1170. The Morgan fingerprint density at radius 3 is 2.35 bits per heavy atom. The number of nitrogens with one attached hydrogen (secondary N) is 3. The first-order valence-electron chi connectivity index (χ1n) is 9.46. The fourth-order valence-corrected chi connectivity index (χ4v) is 2.85. The van der Waals surface area contributed by atoms with Crippen LogP contribution in [-0.2, 0) is 0 Å². The van der Waals surface area contributed by atoms with Crippen LogP contribution in [0, 0.1) is 0 Å². The quantitative estimate of drug-likeness (QED) is 0.171. The minimum Gasteiger partial charge on any atom is -0.497 e. The summed E-state index contributed by atoms with van der Waals surface area (Å²) in [6.07, 6.45) is 0.712. The molecule has 0 bridgehead atoms. The number of H-pyrrole nitrogens is 1. The van der Waals surface area contributed by atoms with E-state index in [-0.39, 0.29) is 5.91 Å². The van der Waals surface area contributed by atoms with Crippen LogP contribution in [0.25, 0.3) is 22.4 Å². The third kappa shape index (κ3) is 5.26. The van der Waals surface area contributed by atoms with Crippen molar-refractivity contribution in [1.29, 1.82) is 0 Å². The molecule has 0 saturated carbocycles. The largest absolute Gasteiger partial charge is 0.497 e. The lowest BCUT2D eigenvalue weighted by atomic mass is 10.1. The predicted molar refractivity (Wildman–Crippen MR) is 121 cm³/mol. The van der Waals surface area contributed by atoms with Gasteiger partial charge in [0.2, 0.25) is 0 Å². The molecule has 1 heterocycles. The highest BCUT2D eigenvalue weighted by atomic mass is 16.5. The molecule has 8 nitrogen and oxygen atoms in total. The van der Waals surface area contributed by atoms with Crippen molar-refractivity contribution < 1.29 is 14.3 Å². The molecular weight excluding hydrogens is 394 g/mol. The van der Waals surface area contributed by atoms with Crippen LogP contribution in [0.5, 0.6) is 5.75 Å². The van der Waals surface area contributed by atoms with Gasteiger partial charge in [0.25, 0.3) is 5.91 Å². The van der Waals surface area contributed by atoms with Crippen LogP contribution in [-0.4, -0.2) is 36.3 Å². The molecule has 4 aromatic rings. The fourth-order valence-electron chi connectivity index (χ4n) is 2.85. The zero-order chi connectivity index (χ0) is 22.2. The number of fused-ring (bicyclic) bond motifs is 1. The Hall–Kier alpha value is -4.17. The number of aromatic amines is 1. The molecule has 0 radical (unpaired) electrons. The summed E-state index contributed by atoms with van der Waals surface area (Å²) in [5, 5.41) is 3.12. The summed E-state index contributed by atoms with van der Waals surface area (Å²) in [5.74, 6) is 6.25. The van der Waals surface area contributed by atoms with E-state index in [9.17, 15) is 9.59 Å². The third-order valence-electron chi connectivity index (χ3n) is 4.57. The highest BCUT2D eigenvalue weighted by molar-refractivity contribution is 5.94. The van der Waals surface area contributed by atoms with Gasteiger partial charge in [-0.2, -0.15) is 0 Å². The Balaban J connectivity index is 0.000000196. The Morgan fingerprint density at radius 2 is 1.77 bits per heavy atom. The second-order valence-corrected chi connectivity index (χ2v) is 6.51. The number of nitrogens with two attached hydrogens (primary N) is 1. The molecule has 0 saturated heterocycles. The lowest BCUT2D eigenvalue weighted by molar-refractivity contribution is 0.0953. The molecule has 3 aromatic carbocycles. The van der Waals surface area contributed by atoms with Gasteiger partial charge in [0.15, 0.2) is 0 Å². The normalized spacial score (nSPS) is 10.0. The van der Waals surface area contributed by atoms with Gasteiger partial charge < -0.3 is 15.0 Å². The highest BCUT2D eigenvalue weighted by Gasteiger charge is 2.06. The molecule has 0 aliphatic rings. The van der Waals surface area contributed by atoms with Gasteiger partial charge in [0.1, 0.15) is 17.9 Å². The number of carbonyl (C=O) groups excluding carboxylic acids is 2. The Morgan fingerprint density at radius 1 is 1.06 bits per heavy atom. The number of carbonyl (C=O) groups is 2. The molecule has 158 valence electrons. The minimum absolute atomic E-state index is 0.368. The zero-order valence-corrected chi connectivity index (χ0v) is 17.2. The molecule has 0 unspecified atom stereocenters. The summed E-state index contributed by atoms with van der Waals surface area (Å²) in [6, 6.07) is 20.1. The summed E-state index contributed by atoms with van der Waals surface area (Å²) in [5.41, 5.74) is 7.06. The number of ether oxygens (including phenoxy) is 1. The molecule has 0 fully saturated rings. The van der Waals surface area contributed by atoms with Gasteiger partial charge in [-0.25, -0.2) is 10.8 Å². The van der Waals surface area contributed by atoms with Crippen LogP contribution in [0.4, 0.5) is 5.69 Å². The molecule has 0 aliphatic heterocycles. The molecule has 4 rings (SSSR count). The van der Waals surface area contributed by atoms with E-state index in [4.69, 9.17) is 10.6 Å². The summed E-state index contributed by atoms with van der Waals surface area (Å²) < 4.78 is 5.16. The Labute approximate surface area is 179 Å². The number of aldehydes is 1. The summed E-state index contributed by atoms with van der Waals surface area (Å²) in [6.45, 7) is 0. The number of imidazole rings is 1. The van der Waals surface area contributed by atoms with E-state index in [0.717, 1.165) is 33.9 Å². The second-order valence-electron chi connectivity index (χ2n) is 6.51. The number of anilines is 1. The lowest BCUT2D eigenvalue weighted by Gasteiger charge is -2.00. The van der Waals surface area contributed by atoms with Crippen molar-refractivity contribution in [3.8, 4) is 17.1 Å². The van der Waals surface area contributed by atoms with E-state index in [1.165, 1.54) is 12.1 Å². The van der Waals surface area contributed by atoms with E-state index >= 15 is 0 Å². The summed E-state index contributed by atoms with van der Waals surface area (Å²) in [7, 11) is 3.57. The number of methoxy groups -OCH3 is 1. The molecule has 5 N–H and O–H groups in total. The van der Waals surface area contributed by atoms with Crippen molar-refractivity contribution in [2.24, 2.45) is 5.84 Å². The first-order chi connectivity index (χ1) is 15.1. The molecule has 0 aliphatic carbocycles. The smallest absolute Gasteiger partial charge is 0.265 e. The number of benzene rings is 3. The molecule has 1 aromatic heterocycles. The minimum atomic E-state index is -0.368. The zero-order valence-electron chi connectivity index (χ0n) is 17.2. The number of hydrogen-bond acceptors (Lipinski definition) is 6. The molecular formula is C23H23N5O3. The standard InChI is InChI=1S/C15H15N3O.C8H8N2O2/c1-16-11-5-8-13-14(9-11)18-15(17-13)10-3-6-12(19-2)7-4-10;9-10-8(12)7-3-1-6(5-11)2-4-7/h3-9,16H,1-2H3,(H,17,18);1-5H,9H2,(H,10,12). The van der Waals surface area contributed by atoms with Crippen LogP contribution in [0.2, 0.25) is 0 Å². The van der Waals surface area contributed by atoms with Gasteiger partial charge in [-0.1, -0.05) is 12.1 Å². The molecule has 0 atom stereocenters. The number of nitrogen functional groups attached to an aromatic ring is 1. The van der Waals surface area contributed by atoms with Gasteiger partial charge in [-0.05, 0) is 54.6 Å². The maximum Gasteiger partial charge on any atom is 0.265 e. The van der Waals surface area contributed by atoms with Crippen LogP contribution < -0.4 is 21.3 Å². The van der Waals surface area contributed by atoms with Crippen LogP contribution in [0.15, 0.2) is 66.7 Å². The van der Waals surface area contributed by atoms with Gasteiger partial charge >= 0.3 is 0 Å². The molecule has 8 heteroatoms. The number of hydrazine groups is 1. The number of hydrogen-bond donors (Lipinski definition) is 4. The van der Waals surface area contributed by atoms with E-state index in [1.54, 1.807) is 19.2 Å². The lowest BCUT2D eigenvalue weighted by Crippen LogP contribution is -2.29. The maximum atomic E-state index is 10.9. The summed E-state index contributed by atoms with van der Waals surface area (Å²) >= 11 is 0. The van der Waals surface area contributed by atoms with E-state index in [1.807, 2.05) is 48.9 Å². The fraction of sp³-hybridized carbons (Fsp3) is 0.0870. The second kappa shape index (κ2) is 10.0. The monoisotopic (exact) mass is 417 g/mol. The molecule has 1 amide bonds. The molecule has 31 heavy (non-hydrogen) atoms. The van der Waals surface area contributed by atoms with Crippen LogP contribution in [0.3, 0.4) is 0 Å². The summed E-state index contributed by atoms with van der Waals surface area (Å²) in [4.78, 5) is 29.0.